The highest BCUT2D eigenvalue weighted by molar-refractivity contribution is 5.48. The van der Waals surface area contributed by atoms with Gasteiger partial charge in [0.05, 0.1) is 0 Å². The van der Waals surface area contributed by atoms with Gasteiger partial charge in [-0.15, -0.1) is 0 Å². The summed E-state index contributed by atoms with van der Waals surface area (Å²) in [4.78, 5) is 3.87. The van der Waals surface area contributed by atoms with Crippen LogP contribution in [0.3, 0.4) is 0 Å². The molecule has 1 aromatic heterocycles. The third kappa shape index (κ3) is 1.92. The molecule has 1 aromatic carbocycles. The maximum absolute atomic E-state index is 8.75. The second-order valence-corrected chi connectivity index (χ2v) is 3.61. The zero-order chi connectivity index (χ0) is 12.4. The summed E-state index contributed by atoms with van der Waals surface area (Å²) in [7, 11) is 0. The van der Waals surface area contributed by atoms with Crippen LogP contribution in [-0.2, 0) is 0 Å². The molecule has 0 saturated carbocycles. The molecule has 0 N–H and O–H groups in total. The Hall–Kier alpha value is -2.74. The Morgan fingerprint density at radius 3 is 2.83 bits per heavy atom. The number of hydrogen-bond donors (Lipinski definition) is 0. The fraction of sp³-hybridized carbons (Fsp3) is 0.0769. The molecule has 0 atom stereocenters. The van der Waals surface area contributed by atoms with E-state index in [0.29, 0.717) is 28.7 Å². The fourth-order valence-electron chi connectivity index (χ4n) is 1.61. The average molecular weight is 240 g/mol. The Kier molecular flexibility index (Phi) is 2.47. The molecular formula is C13H8N2O3. The molecule has 0 spiro atoms. The molecule has 18 heavy (non-hydrogen) atoms. The lowest BCUT2D eigenvalue weighted by Gasteiger charge is -2.06. The second-order valence-electron chi connectivity index (χ2n) is 3.61. The molecule has 2 aromatic rings. The van der Waals surface area contributed by atoms with Crippen LogP contribution in [0.25, 0.3) is 0 Å². The van der Waals surface area contributed by atoms with Gasteiger partial charge in [0, 0.05) is 18.3 Å². The van der Waals surface area contributed by atoms with Gasteiger partial charge in [-0.2, -0.15) is 5.26 Å². The van der Waals surface area contributed by atoms with Gasteiger partial charge in [-0.1, -0.05) is 0 Å². The lowest BCUT2D eigenvalue weighted by Crippen LogP contribution is -1.92. The van der Waals surface area contributed by atoms with Crippen molar-refractivity contribution in [3.8, 4) is 29.1 Å². The van der Waals surface area contributed by atoms with Gasteiger partial charge in [0.1, 0.15) is 23.3 Å². The molecule has 3 rings (SSSR count). The molecule has 0 saturated heterocycles. The molecule has 0 amide bonds. The van der Waals surface area contributed by atoms with Crippen LogP contribution in [0.1, 0.15) is 5.69 Å². The van der Waals surface area contributed by atoms with Gasteiger partial charge in [0.25, 0.3) is 0 Å². The minimum absolute atomic E-state index is 0.229. The largest absolute Gasteiger partial charge is 0.457 e. The van der Waals surface area contributed by atoms with Crippen molar-refractivity contribution in [3.63, 3.8) is 0 Å². The molecule has 5 heteroatoms. The van der Waals surface area contributed by atoms with Crippen LogP contribution < -0.4 is 14.2 Å². The van der Waals surface area contributed by atoms with E-state index in [1.165, 1.54) is 6.20 Å². The minimum Gasteiger partial charge on any atom is -0.457 e. The first kappa shape index (κ1) is 10.4. The first-order valence-corrected chi connectivity index (χ1v) is 5.29. The van der Waals surface area contributed by atoms with Crippen molar-refractivity contribution in [1.82, 2.24) is 4.98 Å². The minimum atomic E-state index is 0.229. The van der Waals surface area contributed by atoms with E-state index in [4.69, 9.17) is 19.5 Å². The van der Waals surface area contributed by atoms with Gasteiger partial charge in [0.15, 0.2) is 11.5 Å². The number of rotatable bonds is 2. The van der Waals surface area contributed by atoms with E-state index in [0.717, 1.165) is 0 Å². The Balaban J connectivity index is 1.86. The van der Waals surface area contributed by atoms with Gasteiger partial charge >= 0.3 is 0 Å². The lowest BCUT2D eigenvalue weighted by molar-refractivity contribution is 0.174. The molecule has 0 radical (unpaired) electrons. The predicted molar refractivity (Wildman–Crippen MR) is 61.6 cm³/mol. The topological polar surface area (TPSA) is 64.4 Å². The quantitative estimate of drug-likeness (QED) is 0.806. The van der Waals surface area contributed by atoms with Crippen LogP contribution >= 0.6 is 0 Å². The molecule has 1 aliphatic heterocycles. The highest BCUT2D eigenvalue weighted by Crippen LogP contribution is 2.36. The fourth-order valence-corrected chi connectivity index (χ4v) is 1.61. The number of benzene rings is 1. The number of nitriles is 1. The van der Waals surface area contributed by atoms with E-state index >= 15 is 0 Å². The number of ether oxygens (including phenoxy) is 3. The summed E-state index contributed by atoms with van der Waals surface area (Å²) in [6.45, 7) is 0.229. The monoisotopic (exact) mass is 240 g/mol. The van der Waals surface area contributed by atoms with Crippen molar-refractivity contribution in [2.24, 2.45) is 0 Å². The van der Waals surface area contributed by atoms with Crippen LogP contribution in [0, 0.1) is 11.3 Å². The van der Waals surface area contributed by atoms with E-state index in [9.17, 15) is 0 Å². The standard InChI is InChI=1S/C13H8N2O3/c14-7-9-5-11(3-4-15-9)18-10-1-2-12-13(6-10)17-8-16-12/h1-6H,8H2. The van der Waals surface area contributed by atoms with Crippen LogP contribution in [0.15, 0.2) is 36.5 Å². The van der Waals surface area contributed by atoms with E-state index in [2.05, 4.69) is 4.98 Å². The summed E-state index contributed by atoms with van der Waals surface area (Å²) in [5, 5.41) is 8.75. The first-order chi connectivity index (χ1) is 8.85. The van der Waals surface area contributed by atoms with Crippen molar-refractivity contribution in [3.05, 3.63) is 42.2 Å². The summed E-state index contributed by atoms with van der Waals surface area (Å²) in [5.41, 5.74) is 0.313. The normalized spacial score (nSPS) is 11.9. The first-order valence-electron chi connectivity index (χ1n) is 5.29. The molecule has 0 fully saturated rings. The zero-order valence-corrected chi connectivity index (χ0v) is 9.29. The molecule has 0 aliphatic carbocycles. The molecule has 2 heterocycles. The van der Waals surface area contributed by atoms with Gasteiger partial charge in [-0.3, -0.25) is 0 Å². The number of hydrogen-bond acceptors (Lipinski definition) is 5. The van der Waals surface area contributed by atoms with Gasteiger partial charge in [0.2, 0.25) is 6.79 Å². The maximum Gasteiger partial charge on any atom is 0.231 e. The Morgan fingerprint density at radius 1 is 1.11 bits per heavy atom. The highest BCUT2D eigenvalue weighted by Gasteiger charge is 2.14. The molecule has 88 valence electrons. The molecule has 0 bridgehead atoms. The molecular weight excluding hydrogens is 232 g/mol. The summed E-state index contributed by atoms with van der Waals surface area (Å²) in [6, 6.07) is 10.5. The van der Waals surface area contributed by atoms with Gasteiger partial charge < -0.3 is 14.2 Å². The maximum atomic E-state index is 8.75. The third-order valence-electron chi connectivity index (χ3n) is 2.43. The van der Waals surface area contributed by atoms with Crippen LogP contribution in [0.5, 0.6) is 23.0 Å². The second kappa shape index (κ2) is 4.26. The van der Waals surface area contributed by atoms with E-state index in [-0.39, 0.29) is 6.79 Å². The van der Waals surface area contributed by atoms with Crippen molar-refractivity contribution < 1.29 is 14.2 Å². The summed E-state index contributed by atoms with van der Waals surface area (Å²) in [6.07, 6.45) is 1.53. The lowest BCUT2D eigenvalue weighted by atomic mass is 10.3. The van der Waals surface area contributed by atoms with Crippen molar-refractivity contribution >= 4 is 0 Å². The zero-order valence-electron chi connectivity index (χ0n) is 9.29. The SMILES string of the molecule is N#Cc1cc(Oc2ccc3c(c2)OCO3)ccn1. The van der Waals surface area contributed by atoms with E-state index in [1.807, 2.05) is 6.07 Å². The van der Waals surface area contributed by atoms with Crippen LogP contribution in [0.4, 0.5) is 0 Å². The number of aromatic nitrogens is 1. The van der Waals surface area contributed by atoms with Crippen molar-refractivity contribution in [2.45, 2.75) is 0 Å². The Morgan fingerprint density at radius 2 is 1.94 bits per heavy atom. The average Bonchev–Trinajstić information content (AvgIpc) is 2.86. The van der Waals surface area contributed by atoms with Crippen LogP contribution in [-0.4, -0.2) is 11.8 Å². The van der Waals surface area contributed by atoms with Gasteiger partial charge in [-0.05, 0) is 18.2 Å². The number of pyridine rings is 1. The van der Waals surface area contributed by atoms with Crippen molar-refractivity contribution in [2.75, 3.05) is 6.79 Å². The van der Waals surface area contributed by atoms with Gasteiger partial charge in [-0.25, -0.2) is 4.98 Å². The summed E-state index contributed by atoms with van der Waals surface area (Å²) >= 11 is 0. The predicted octanol–water partition coefficient (Wildman–Crippen LogP) is 2.47. The van der Waals surface area contributed by atoms with Crippen molar-refractivity contribution in [1.29, 1.82) is 5.26 Å². The number of fused-ring (bicyclic) bond motifs is 1. The summed E-state index contributed by atoms with van der Waals surface area (Å²) < 4.78 is 16.1. The number of nitrogens with zero attached hydrogens (tertiary/aromatic N) is 2. The smallest absolute Gasteiger partial charge is 0.231 e. The van der Waals surface area contributed by atoms with Crippen LogP contribution in [0.2, 0.25) is 0 Å². The Bertz CT molecular complexity index is 634. The van der Waals surface area contributed by atoms with E-state index < -0.39 is 0 Å². The summed E-state index contributed by atoms with van der Waals surface area (Å²) in [5.74, 6) is 2.53. The third-order valence-corrected chi connectivity index (χ3v) is 2.43. The molecule has 0 unspecified atom stereocenters. The molecule has 1 aliphatic rings. The highest BCUT2D eigenvalue weighted by atomic mass is 16.7. The Labute approximate surface area is 103 Å². The molecule has 5 nitrogen and oxygen atoms in total. The van der Waals surface area contributed by atoms with E-state index in [1.54, 1.807) is 30.3 Å².